The summed E-state index contributed by atoms with van der Waals surface area (Å²) in [5.74, 6) is 0.643. The van der Waals surface area contributed by atoms with Crippen molar-refractivity contribution in [2.75, 3.05) is 42.8 Å². The molecular weight excluding hydrogens is 396 g/mol. The molecule has 6 nitrogen and oxygen atoms in total. The molecule has 28 heavy (non-hydrogen) atoms. The third-order valence-electron chi connectivity index (χ3n) is 4.60. The van der Waals surface area contributed by atoms with E-state index in [0.717, 1.165) is 34.7 Å². The predicted octanol–water partition coefficient (Wildman–Crippen LogP) is 4.09. The highest BCUT2D eigenvalue weighted by atomic mass is 35.5. The molecular formula is C20H19ClN4O2S. The summed E-state index contributed by atoms with van der Waals surface area (Å²) in [5.41, 5.74) is 1.89. The van der Waals surface area contributed by atoms with E-state index in [1.54, 1.807) is 30.2 Å². The van der Waals surface area contributed by atoms with E-state index < -0.39 is 0 Å². The van der Waals surface area contributed by atoms with Crippen LogP contribution in [0.4, 0.5) is 11.5 Å². The Labute approximate surface area is 172 Å². The predicted molar refractivity (Wildman–Crippen MR) is 114 cm³/mol. The smallest absolute Gasteiger partial charge is 0.257 e. The van der Waals surface area contributed by atoms with Crippen LogP contribution in [0.2, 0.25) is 5.02 Å². The lowest BCUT2D eigenvalue weighted by Crippen LogP contribution is -2.36. The first-order chi connectivity index (χ1) is 13.7. The number of nitrogens with one attached hydrogen (secondary N) is 1. The SMILES string of the molecule is CSc1ccc(Cl)c(C(=O)Nc2ccc3c(N4CCOCC4)ncnc3c2)c1. The highest BCUT2D eigenvalue weighted by Crippen LogP contribution is 2.27. The van der Waals surface area contributed by atoms with Crippen LogP contribution in [0.15, 0.2) is 47.6 Å². The molecule has 2 heterocycles. The fraction of sp³-hybridized carbons (Fsp3) is 0.250. The third kappa shape index (κ3) is 3.92. The second-order valence-corrected chi connectivity index (χ2v) is 7.62. The Morgan fingerprint density at radius 3 is 2.79 bits per heavy atom. The van der Waals surface area contributed by atoms with Crippen LogP contribution in [0, 0.1) is 0 Å². The average Bonchev–Trinajstić information content (AvgIpc) is 2.74. The van der Waals surface area contributed by atoms with Crippen molar-refractivity contribution in [2.24, 2.45) is 0 Å². The summed E-state index contributed by atoms with van der Waals surface area (Å²) in [6, 6.07) is 11.1. The number of halogens is 1. The molecule has 1 aliphatic heterocycles. The van der Waals surface area contributed by atoms with Gasteiger partial charge in [-0.2, -0.15) is 0 Å². The highest BCUT2D eigenvalue weighted by molar-refractivity contribution is 7.98. The molecule has 0 aliphatic carbocycles. The van der Waals surface area contributed by atoms with Gasteiger partial charge >= 0.3 is 0 Å². The summed E-state index contributed by atoms with van der Waals surface area (Å²) in [6.45, 7) is 2.98. The molecule has 0 spiro atoms. The number of anilines is 2. The van der Waals surface area contributed by atoms with Crippen molar-refractivity contribution in [1.82, 2.24) is 9.97 Å². The molecule has 8 heteroatoms. The molecule has 1 aliphatic rings. The Morgan fingerprint density at radius 2 is 2.00 bits per heavy atom. The van der Waals surface area contributed by atoms with Crippen LogP contribution >= 0.6 is 23.4 Å². The second-order valence-electron chi connectivity index (χ2n) is 6.33. The molecule has 0 saturated carbocycles. The molecule has 2 aromatic carbocycles. The van der Waals surface area contributed by atoms with Crippen LogP contribution in [-0.2, 0) is 4.74 Å². The van der Waals surface area contributed by atoms with Crippen molar-refractivity contribution < 1.29 is 9.53 Å². The van der Waals surface area contributed by atoms with Crippen molar-refractivity contribution in [1.29, 1.82) is 0 Å². The van der Waals surface area contributed by atoms with Gasteiger partial charge in [-0.1, -0.05) is 11.6 Å². The van der Waals surface area contributed by atoms with Crippen molar-refractivity contribution in [2.45, 2.75) is 4.90 Å². The van der Waals surface area contributed by atoms with Crippen molar-refractivity contribution in [3.8, 4) is 0 Å². The molecule has 3 aromatic rings. The van der Waals surface area contributed by atoms with E-state index in [1.165, 1.54) is 0 Å². The zero-order valence-corrected chi connectivity index (χ0v) is 16.9. The summed E-state index contributed by atoms with van der Waals surface area (Å²) in [5, 5.41) is 4.29. The Morgan fingerprint density at radius 1 is 1.18 bits per heavy atom. The Balaban J connectivity index is 1.61. The third-order valence-corrected chi connectivity index (χ3v) is 5.66. The molecule has 1 aromatic heterocycles. The minimum absolute atomic E-state index is 0.247. The summed E-state index contributed by atoms with van der Waals surface area (Å²) < 4.78 is 5.42. The van der Waals surface area contributed by atoms with Gasteiger partial charge in [0.2, 0.25) is 0 Å². The number of carbonyl (C=O) groups is 1. The highest BCUT2D eigenvalue weighted by Gasteiger charge is 2.17. The first kappa shape index (κ1) is 19.0. The quantitative estimate of drug-likeness (QED) is 0.648. The largest absolute Gasteiger partial charge is 0.378 e. The molecule has 0 unspecified atom stereocenters. The molecule has 1 amide bonds. The molecule has 4 rings (SSSR count). The van der Waals surface area contributed by atoms with E-state index in [4.69, 9.17) is 16.3 Å². The number of fused-ring (bicyclic) bond motifs is 1. The van der Waals surface area contributed by atoms with Gasteiger partial charge in [0, 0.05) is 29.1 Å². The number of rotatable bonds is 4. The fourth-order valence-electron chi connectivity index (χ4n) is 3.15. The maximum atomic E-state index is 12.7. The van der Waals surface area contributed by atoms with Gasteiger partial charge < -0.3 is 15.0 Å². The average molecular weight is 415 g/mol. The Bertz CT molecular complexity index is 1020. The van der Waals surface area contributed by atoms with Crippen LogP contribution in [0.25, 0.3) is 10.9 Å². The standard InChI is InChI=1S/C20H19ClN4O2S/c1-28-14-3-5-17(21)16(11-14)20(26)24-13-2-4-15-18(10-13)22-12-23-19(15)25-6-8-27-9-7-25/h2-5,10-12H,6-9H2,1H3,(H,24,26). The first-order valence-electron chi connectivity index (χ1n) is 8.88. The second kappa shape index (κ2) is 8.34. The van der Waals surface area contributed by atoms with Gasteiger partial charge in [0.15, 0.2) is 0 Å². The zero-order valence-electron chi connectivity index (χ0n) is 15.3. The van der Waals surface area contributed by atoms with E-state index in [2.05, 4.69) is 20.2 Å². The van der Waals surface area contributed by atoms with Gasteiger partial charge in [-0.15, -0.1) is 11.8 Å². The van der Waals surface area contributed by atoms with E-state index in [-0.39, 0.29) is 5.91 Å². The van der Waals surface area contributed by atoms with E-state index >= 15 is 0 Å². The summed E-state index contributed by atoms with van der Waals surface area (Å²) in [7, 11) is 0. The maximum absolute atomic E-state index is 12.7. The van der Waals surface area contributed by atoms with Gasteiger partial charge in [-0.3, -0.25) is 4.79 Å². The number of carbonyl (C=O) groups excluding carboxylic acids is 1. The molecule has 1 fully saturated rings. The molecule has 0 bridgehead atoms. The number of aromatic nitrogens is 2. The molecule has 144 valence electrons. The molecule has 0 radical (unpaired) electrons. The monoisotopic (exact) mass is 414 g/mol. The Kier molecular flexibility index (Phi) is 5.66. The number of morpholine rings is 1. The minimum Gasteiger partial charge on any atom is -0.378 e. The van der Waals surface area contributed by atoms with Gasteiger partial charge in [-0.05, 0) is 42.7 Å². The molecule has 1 N–H and O–H groups in total. The van der Waals surface area contributed by atoms with Crippen LogP contribution in [-0.4, -0.2) is 48.4 Å². The van der Waals surface area contributed by atoms with Gasteiger partial charge in [0.1, 0.15) is 12.1 Å². The number of thioether (sulfide) groups is 1. The summed E-state index contributed by atoms with van der Waals surface area (Å²) >= 11 is 7.77. The first-order valence-corrected chi connectivity index (χ1v) is 10.5. The number of benzene rings is 2. The van der Waals surface area contributed by atoms with Gasteiger partial charge in [0.25, 0.3) is 5.91 Å². The number of hydrogen-bond acceptors (Lipinski definition) is 6. The normalized spacial score (nSPS) is 14.3. The van der Waals surface area contributed by atoms with Crippen LogP contribution in [0.3, 0.4) is 0 Å². The molecule has 0 atom stereocenters. The van der Waals surface area contributed by atoms with Crippen LogP contribution in [0.5, 0.6) is 0 Å². The van der Waals surface area contributed by atoms with Crippen LogP contribution < -0.4 is 10.2 Å². The van der Waals surface area contributed by atoms with Crippen molar-refractivity contribution >= 4 is 51.7 Å². The lowest BCUT2D eigenvalue weighted by atomic mass is 10.1. The van der Waals surface area contributed by atoms with E-state index in [1.807, 2.05) is 30.5 Å². The lowest BCUT2D eigenvalue weighted by Gasteiger charge is -2.28. The summed E-state index contributed by atoms with van der Waals surface area (Å²) in [6.07, 6.45) is 3.51. The van der Waals surface area contributed by atoms with E-state index in [9.17, 15) is 4.79 Å². The lowest BCUT2D eigenvalue weighted by molar-refractivity contribution is 0.102. The number of amides is 1. The van der Waals surface area contributed by atoms with Crippen LogP contribution in [0.1, 0.15) is 10.4 Å². The van der Waals surface area contributed by atoms with E-state index in [0.29, 0.717) is 29.5 Å². The fourth-order valence-corrected chi connectivity index (χ4v) is 3.79. The minimum atomic E-state index is -0.247. The Hall–Kier alpha value is -2.35. The van der Waals surface area contributed by atoms with Gasteiger partial charge in [0.05, 0.1) is 29.3 Å². The van der Waals surface area contributed by atoms with Gasteiger partial charge in [-0.25, -0.2) is 9.97 Å². The number of hydrogen-bond donors (Lipinski definition) is 1. The number of ether oxygens (including phenoxy) is 1. The maximum Gasteiger partial charge on any atom is 0.257 e. The zero-order chi connectivity index (χ0) is 19.5. The van der Waals surface area contributed by atoms with Crippen molar-refractivity contribution in [3.63, 3.8) is 0 Å². The van der Waals surface area contributed by atoms with Crippen molar-refractivity contribution in [3.05, 3.63) is 53.3 Å². The molecule has 1 saturated heterocycles. The number of nitrogens with zero attached hydrogens (tertiary/aromatic N) is 3. The summed E-state index contributed by atoms with van der Waals surface area (Å²) in [4.78, 5) is 24.7. The topological polar surface area (TPSA) is 67.4 Å².